The summed E-state index contributed by atoms with van der Waals surface area (Å²) in [4.78, 5) is 16.0. The van der Waals surface area contributed by atoms with Gasteiger partial charge in [0, 0.05) is 24.5 Å². The number of ketones is 1. The Bertz CT molecular complexity index is 581. The van der Waals surface area contributed by atoms with Gasteiger partial charge in [-0.25, -0.2) is 4.98 Å². The Morgan fingerprint density at radius 1 is 1.48 bits per heavy atom. The maximum atomic E-state index is 12.0. The Morgan fingerprint density at radius 2 is 2.33 bits per heavy atom. The van der Waals surface area contributed by atoms with Crippen molar-refractivity contribution in [2.45, 2.75) is 13.0 Å². The number of nitrogen functional groups attached to an aromatic ring is 1. The van der Waals surface area contributed by atoms with Crippen LogP contribution in [0.25, 0.3) is 0 Å². The summed E-state index contributed by atoms with van der Waals surface area (Å²) in [5, 5.41) is 3.14. The van der Waals surface area contributed by atoms with Gasteiger partial charge in [0.05, 0.1) is 25.7 Å². The first-order valence-electron chi connectivity index (χ1n) is 6.84. The molecule has 1 heterocycles. The van der Waals surface area contributed by atoms with E-state index < -0.39 is 0 Å². The Kier molecular flexibility index (Phi) is 5.34. The number of methoxy groups -OCH3 is 1. The van der Waals surface area contributed by atoms with Gasteiger partial charge in [0.1, 0.15) is 5.75 Å². The summed E-state index contributed by atoms with van der Waals surface area (Å²) >= 11 is 0. The topological polar surface area (TPSA) is 82.2 Å². The van der Waals surface area contributed by atoms with Crippen molar-refractivity contribution >= 4 is 11.5 Å². The van der Waals surface area contributed by atoms with Gasteiger partial charge < -0.3 is 20.4 Å². The van der Waals surface area contributed by atoms with E-state index in [1.54, 1.807) is 37.8 Å². The lowest BCUT2D eigenvalue weighted by molar-refractivity contribution is 0.0991. The van der Waals surface area contributed by atoms with Crippen molar-refractivity contribution in [2.24, 2.45) is 0 Å². The molecular weight excluding hydrogens is 268 g/mol. The fraction of sp³-hybridized carbons (Fsp3) is 0.333. The van der Waals surface area contributed by atoms with Crippen molar-refractivity contribution in [3.63, 3.8) is 0 Å². The zero-order valence-electron chi connectivity index (χ0n) is 12.1. The Hall–Kier alpha value is -2.34. The summed E-state index contributed by atoms with van der Waals surface area (Å²) in [6, 6.07) is 5.08. The van der Waals surface area contributed by atoms with Gasteiger partial charge in [0.15, 0.2) is 5.78 Å². The second-order valence-electron chi connectivity index (χ2n) is 4.71. The summed E-state index contributed by atoms with van der Waals surface area (Å²) < 4.78 is 7.08. The first-order chi connectivity index (χ1) is 10.2. The lowest BCUT2D eigenvalue weighted by Crippen LogP contribution is -2.24. The Labute approximate surface area is 123 Å². The number of benzene rings is 1. The minimum atomic E-state index is 0.0204. The van der Waals surface area contributed by atoms with E-state index in [0.717, 1.165) is 19.5 Å². The molecule has 1 aromatic carbocycles. The number of anilines is 1. The van der Waals surface area contributed by atoms with Gasteiger partial charge in [0.2, 0.25) is 0 Å². The average molecular weight is 288 g/mol. The van der Waals surface area contributed by atoms with E-state index in [0.29, 0.717) is 23.5 Å². The Morgan fingerprint density at radius 3 is 3.00 bits per heavy atom. The lowest BCUT2D eigenvalue weighted by Gasteiger charge is -2.08. The standard InChI is InChI=1S/C15H20N4O2/c1-21-15-4-3-12(9-13(15)16)14(20)10-17-5-2-7-19-8-6-18-11-19/h3-4,6,8-9,11,17H,2,5,7,10,16H2,1H3. The third kappa shape index (κ3) is 4.32. The fourth-order valence-corrected chi connectivity index (χ4v) is 2.02. The van der Waals surface area contributed by atoms with Crippen LogP contribution in [0, 0.1) is 0 Å². The second kappa shape index (κ2) is 7.44. The zero-order valence-corrected chi connectivity index (χ0v) is 12.1. The molecule has 1 aromatic heterocycles. The number of hydrogen-bond acceptors (Lipinski definition) is 5. The monoisotopic (exact) mass is 288 g/mol. The molecule has 0 amide bonds. The number of carbonyl (C=O) groups is 1. The van der Waals surface area contributed by atoms with Crippen LogP contribution >= 0.6 is 0 Å². The normalized spacial score (nSPS) is 10.5. The van der Waals surface area contributed by atoms with E-state index in [-0.39, 0.29) is 5.78 Å². The van der Waals surface area contributed by atoms with Crippen LogP contribution in [-0.4, -0.2) is 35.5 Å². The number of aromatic nitrogens is 2. The molecule has 0 aliphatic rings. The van der Waals surface area contributed by atoms with Crippen LogP contribution in [0.15, 0.2) is 36.9 Å². The molecule has 0 fully saturated rings. The molecular formula is C15H20N4O2. The van der Waals surface area contributed by atoms with Crippen LogP contribution in [0.5, 0.6) is 5.75 Å². The van der Waals surface area contributed by atoms with E-state index in [2.05, 4.69) is 10.3 Å². The third-order valence-corrected chi connectivity index (χ3v) is 3.17. The van der Waals surface area contributed by atoms with Crippen molar-refractivity contribution in [1.29, 1.82) is 0 Å². The van der Waals surface area contributed by atoms with Gasteiger partial charge >= 0.3 is 0 Å². The van der Waals surface area contributed by atoms with Crippen LogP contribution < -0.4 is 15.8 Å². The number of rotatable bonds is 8. The first-order valence-corrected chi connectivity index (χ1v) is 6.84. The molecule has 6 heteroatoms. The lowest BCUT2D eigenvalue weighted by atomic mass is 10.1. The van der Waals surface area contributed by atoms with E-state index in [9.17, 15) is 4.79 Å². The van der Waals surface area contributed by atoms with Crippen LogP contribution in [0.4, 0.5) is 5.69 Å². The largest absolute Gasteiger partial charge is 0.495 e. The summed E-state index contributed by atoms with van der Waals surface area (Å²) in [7, 11) is 1.55. The maximum Gasteiger partial charge on any atom is 0.176 e. The molecule has 0 aliphatic heterocycles. The molecule has 0 radical (unpaired) electrons. The summed E-state index contributed by atoms with van der Waals surface area (Å²) in [6.07, 6.45) is 6.40. The minimum absolute atomic E-state index is 0.0204. The summed E-state index contributed by atoms with van der Waals surface area (Å²) in [5.41, 5.74) is 6.86. The van der Waals surface area contributed by atoms with Crippen molar-refractivity contribution in [3.8, 4) is 5.75 Å². The van der Waals surface area contributed by atoms with Gasteiger partial charge in [-0.1, -0.05) is 0 Å². The highest BCUT2D eigenvalue weighted by Crippen LogP contribution is 2.21. The molecule has 0 saturated heterocycles. The second-order valence-corrected chi connectivity index (χ2v) is 4.71. The molecule has 112 valence electrons. The van der Waals surface area contributed by atoms with Gasteiger partial charge in [-0.2, -0.15) is 0 Å². The van der Waals surface area contributed by atoms with E-state index >= 15 is 0 Å². The minimum Gasteiger partial charge on any atom is -0.495 e. The molecule has 2 rings (SSSR count). The number of aryl methyl sites for hydroxylation is 1. The van der Waals surface area contributed by atoms with Crippen molar-refractivity contribution in [2.75, 3.05) is 25.9 Å². The molecule has 0 unspecified atom stereocenters. The number of Topliss-reactive ketones (excluding diaryl/α,β-unsaturated/α-hetero) is 1. The first kappa shape index (κ1) is 15.1. The van der Waals surface area contributed by atoms with Gasteiger partial charge in [-0.3, -0.25) is 4.79 Å². The van der Waals surface area contributed by atoms with Crippen molar-refractivity contribution in [1.82, 2.24) is 14.9 Å². The predicted octanol–water partition coefficient (Wildman–Crippen LogP) is 1.34. The van der Waals surface area contributed by atoms with Gasteiger partial charge in [-0.05, 0) is 31.2 Å². The molecule has 6 nitrogen and oxygen atoms in total. The molecule has 0 saturated carbocycles. The molecule has 0 bridgehead atoms. The van der Waals surface area contributed by atoms with Gasteiger partial charge in [-0.15, -0.1) is 0 Å². The molecule has 0 spiro atoms. The van der Waals surface area contributed by atoms with Crippen LogP contribution in [-0.2, 0) is 6.54 Å². The number of hydrogen-bond donors (Lipinski definition) is 2. The fourth-order valence-electron chi connectivity index (χ4n) is 2.02. The van der Waals surface area contributed by atoms with E-state index in [1.165, 1.54) is 0 Å². The number of carbonyl (C=O) groups excluding carboxylic acids is 1. The summed E-state index contributed by atoms with van der Waals surface area (Å²) in [6.45, 7) is 1.96. The zero-order chi connectivity index (χ0) is 15.1. The van der Waals surface area contributed by atoms with Crippen molar-refractivity contribution < 1.29 is 9.53 Å². The quantitative estimate of drug-likeness (QED) is 0.435. The average Bonchev–Trinajstić information content (AvgIpc) is 3.00. The van der Waals surface area contributed by atoms with Crippen LogP contribution in [0.3, 0.4) is 0 Å². The van der Waals surface area contributed by atoms with Crippen LogP contribution in [0.1, 0.15) is 16.8 Å². The van der Waals surface area contributed by atoms with E-state index in [1.807, 2.05) is 10.8 Å². The van der Waals surface area contributed by atoms with E-state index in [4.69, 9.17) is 10.5 Å². The molecule has 3 N–H and O–H groups in total. The third-order valence-electron chi connectivity index (χ3n) is 3.17. The molecule has 2 aromatic rings. The molecule has 0 atom stereocenters. The number of ether oxygens (including phenoxy) is 1. The highest BCUT2D eigenvalue weighted by Gasteiger charge is 2.08. The molecule has 0 aliphatic carbocycles. The number of nitrogens with one attached hydrogen (secondary N) is 1. The molecule has 21 heavy (non-hydrogen) atoms. The number of nitrogens with zero attached hydrogens (tertiary/aromatic N) is 2. The van der Waals surface area contributed by atoms with Crippen LogP contribution in [0.2, 0.25) is 0 Å². The summed E-state index contributed by atoms with van der Waals surface area (Å²) in [5.74, 6) is 0.604. The number of imidazole rings is 1. The SMILES string of the molecule is COc1ccc(C(=O)CNCCCn2ccnc2)cc1N. The number of nitrogens with two attached hydrogens (primary N) is 1. The Balaban J connectivity index is 1.73. The maximum absolute atomic E-state index is 12.0. The highest BCUT2D eigenvalue weighted by atomic mass is 16.5. The predicted molar refractivity (Wildman–Crippen MR) is 81.5 cm³/mol. The van der Waals surface area contributed by atoms with Crippen molar-refractivity contribution in [3.05, 3.63) is 42.5 Å². The van der Waals surface area contributed by atoms with Gasteiger partial charge in [0.25, 0.3) is 0 Å². The smallest absolute Gasteiger partial charge is 0.176 e. The highest BCUT2D eigenvalue weighted by molar-refractivity contribution is 5.98.